The molecule has 3 atom stereocenters. The van der Waals surface area contributed by atoms with Gasteiger partial charge in [-0.3, -0.25) is 4.79 Å². The summed E-state index contributed by atoms with van der Waals surface area (Å²) in [5, 5.41) is 6.60. The molecule has 2 N–H and O–H groups in total. The number of morpholine rings is 1. The summed E-state index contributed by atoms with van der Waals surface area (Å²) in [6.45, 7) is 0.910. The topological polar surface area (TPSA) is 83.1 Å². The number of piperidine rings is 1. The Morgan fingerprint density at radius 2 is 1.83 bits per heavy atom. The Labute approximate surface area is 215 Å². The highest BCUT2D eigenvalue weighted by atomic mass is 35.5. The summed E-state index contributed by atoms with van der Waals surface area (Å²) in [6.07, 6.45) is 4.59. The van der Waals surface area contributed by atoms with Crippen LogP contribution in [-0.4, -0.2) is 74.3 Å². The summed E-state index contributed by atoms with van der Waals surface area (Å²) < 4.78 is 24.3. The van der Waals surface area contributed by atoms with Crippen LogP contribution in [0.25, 0.3) is 6.08 Å². The van der Waals surface area contributed by atoms with Gasteiger partial charge in [-0.15, -0.1) is 0 Å². The Bertz CT molecular complexity index is 1130. The van der Waals surface area contributed by atoms with Crippen molar-refractivity contribution in [1.82, 2.24) is 9.80 Å². The molecule has 2 fully saturated rings. The van der Waals surface area contributed by atoms with Crippen LogP contribution in [0.15, 0.2) is 42.5 Å². The highest BCUT2D eigenvalue weighted by Gasteiger charge is 2.41. The summed E-state index contributed by atoms with van der Waals surface area (Å²) in [4.78, 5) is 28.8. The Morgan fingerprint density at radius 3 is 2.44 bits per heavy atom. The summed E-state index contributed by atoms with van der Waals surface area (Å²) >= 11 is 6.27. The van der Waals surface area contributed by atoms with Crippen molar-refractivity contribution in [3.8, 4) is 5.75 Å². The van der Waals surface area contributed by atoms with E-state index in [-0.39, 0.29) is 35.9 Å². The molecule has 0 spiro atoms. The molecule has 4 rings (SSSR count). The Morgan fingerprint density at radius 1 is 1.17 bits per heavy atom. The quantitative estimate of drug-likeness (QED) is 0.554. The maximum atomic E-state index is 13.3. The van der Waals surface area contributed by atoms with Gasteiger partial charge in [0, 0.05) is 37.5 Å². The van der Waals surface area contributed by atoms with Crippen LogP contribution in [0, 0.1) is 5.82 Å². The first-order valence-electron chi connectivity index (χ1n) is 11.7. The van der Waals surface area contributed by atoms with Crippen molar-refractivity contribution in [2.45, 2.75) is 31.0 Å². The Balaban J connectivity index is 1.50. The van der Waals surface area contributed by atoms with Gasteiger partial charge in [-0.2, -0.15) is 0 Å². The van der Waals surface area contributed by atoms with Gasteiger partial charge in [0.25, 0.3) is 0 Å². The van der Waals surface area contributed by atoms with E-state index in [9.17, 15) is 14.0 Å². The molecule has 2 bridgehead atoms. The van der Waals surface area contributed by atoms with E-state index >= 15 is 0 Å². The average Bonchev–Trinajstić information content (AvgIpc) is 2.84. The number of carbonyl (C=O) groups excluding carboxylic acids is 2. The standard InChI is InChI=1S/C26H30ClFN4O4/c1-31(2)26(34)30-23-13-22(27)24(35-3)10-16(23)4-9-25(33)32-20-11-19(12-21(32)15-36-14-20)29-18-7-5-17(28)6-8-18/h4-10,13,19-21,29H,11-12,14-15H2,1-3H3,(H,30,34)/b9-4+/t19?,20-,21?/m1/s1. The van der Waals surface area contributed by atoms with Crippen LogP contribution < -0.4 is 15.4 Å². The van der Waals surface area contributed by atoms with Gasteiger partial charge in [0.15, 0.2) is 0 Å². The summed E-state index contributed by atoms with van der Waals surface area (Å²) in [6, 6.07) is 9.23. The lowest BCUT2D eigenvalue weighted by Gasteiger charge is -2.48. The van der Waals surface area contributed by atoms with Crippen molar-refractivity contribution in [3.05, 3.63) is 58.9 Å². The molecule has 0 aliphatic carbocycles. The zero-order valence-electron chi connectivity index (χ0n) is 20.5. The maximum Gasteiger partial charge on any atom is 0.321 e. The molecule has 2 aliphatic rings. The first-order chi connectivity index (χ1) is 17.2. The number of halogens is 2. The monoisotopic (exact) mass is 516 g/mol. The molecule has 2 saturated heterocycles. The Kier molecular flexibility index (Phi) is 8.01. The number of benzene rings is 2. The minimum Gasteiger partial charge on any atom is -0.495 e. The molecule has 2 aromatic carbocycles. The third-order valence-electron chi connectivity index (χ3n) is 6.37. The number of nitrogens with zero attached hydrogens (tertiary/aromatic N) is 2. The van der Waals surface area contributed by atoms with E-state index in [1.54, 1.807) is 44.4 Å². The van der Waals surface area contributed by atoms with Crippen LogP contribution in [0.2, 0.25) is 5.02 Å². The van der Waals surface area contributed by atoms with E-state index in [4.69, 9.17) is 21.1 Å². The fourth-order valence-corrected chi connectivity index (χ4v) is 4.86. The lowest BCUT2D eigenvalue weighted by Crippen LogP contribution is -2.60. The van der Waals surface area contributed by atoms with Gasteiger partial charge in [-0.25, -0.2) is 9.18 Å². The van der Waals surface area contributed by atoms with Gasteiger partial charge in [-0.1, -0.05) is 11.6 Å². The normalized spacial score (nSPS) is 21.2. The fraction of sp³-hybridized carbons (Fsp3) is 0.385. The SMILES string of the molecule is COc1cc(/C=C/C(=O)N2C3COC[C@H]2CC(Nc2ccc(F)cc2)C3)c(NC(=O)N(C)C)cc1Cl. The van der Waals surface area contributed by atoms with E-state index in [0.29, 0.717) is 48.1 Å². The van der Waals surface area contributed by atoms with Crippen molar-refractivity contribution in [1.29, 1.82) is 0 Å². The number of fused-ring (bicyclic) bond motifs is 2. The molecule has 8 nitrogen and oxygen atoms in total. The molecule has 10 heteroatoms. The van der Waals surface area contributed by atoms with Gasteiger partial charge in [0.1, 0.15) is 11.6 Å². The van der Waals surface area contributed by atoms with Crippen LogP contribution in [-0.2, 0) is 9.53 Å². The second kappa shape index (κ2) is 11.2. The largest absolute Gasteiger partial charge is 0.495 e. The minimum absolute atomic E-state index is 0.0831. The zero-order valence-corrected chi connectivity index (χ0v) is 21.2. The number of ether oxygens (including phenoxy) is 2. The minimum atomic E-state index is -0.320. The molecule has 2 aliphatic heterocycles. The lowest BCUT2D eigenvalue weighted by atomic mass is 9.89. The number of rotatable bonds is 6. The smallest absolute Gasteiger partial charge is 0.321 e. The number of hydrogen-bond acceptors (Lipinski definition) is 5. The number of anilines is 2. The van der Waals surface area contributed by atoms with Crippen LogP contribution in [0.5, 0.6) is 5.75 Å². The van der Waals surface area contributed by atoms with E-state index in [1.807, 2.05) is 4.90 Å². The predicted molar refractivity (Wildman–Crippen MR) is 138 cm³/mol. The molecule has 2 unspecified atom stereocenters. The predicted octanol–water partition coefficient (Wildman–Crippen LogP) is 4.46. The summed E-state index contributed by atoms with van der Waals surface area (Å²) in [7, 11) is 4.77. The van der Waals surface area contributed by atoms with E-state index in [0.717, 1.165) is 5.69 Å². The summed E-state index contributed by atoms with van der Waals surface area (Å²) in [5.74, 6) is 0.0256. The number of methoxy groups -OCH3 is 1. The number of urea groups is 1. The van der Waals surface area contributed by atoms with Crippen LogP contribution in [0.4, 0.5) is 20.6 Å². The molecule has 192 valence electrons. The van der Waals surface area contributed by atoms with E-state index in [1.165, 1.54) is 30.2 Å². The maximum absolute atomic E-state index is 13.3. The number of hydrogen-bond donors (Lipinski definition) is 2. The number of amides is 3. The van der Waals surface area contributed by atoms with Crippen molar-refractivity contribution in [2.75, 3.05) is 45.1 Å². The van der Waals surface area contributed by atoms with Crippen molar-refractivity contribution in [2.24, 2.45) is 0 Å². The summed E-state index contributed by atoms with van der Waals surface area (Å²) in [5.41, 5.74) is 1.91. The molecule has 0 saturated carbocycles. The van der Waals surface area contributed by atoms with Crippen LogP contribution in [0.1, 0.15) is 18.4 Å². The van der Waals surface area contributed by atoms with Gasteiger partial charge in [0.05, 0.1) is 43.1 Å². The molecule has 2 heterocycles. The molecule has 2 aromatic rings. The fourth-order valence-electron chi connectivity index (χ4n) is 4.62. The highest BCUT2D eigenvalue weighted by molar-refractivity contribution is 6.32. The molecular weight excluding hydrogens is 487 g/mol. The second-order valence-electron chi connectivity index (χ2n) is 9.14. The van der Waals surface area contributed by atoms with Crippen LogP contribution >= 0.6 is 11.6 Å². The number of nitrogens with one attached hydrogen (secondary N) is 2. The lowest BCUT2D eigenvalue weighted by molar-refractivity contribution is -0.145. The second-order valence-corrected chi connectivity index (χ2v) is 9.55. The molecule has 3 amide bonds. The third kappa shape index (κ3) is 5.91. The van der Waals surface area contributed by atoms with Crippen molar-refractivity contribution < 1.29 is 23.5 Å². The molecule has 36 heavy (non-hydrogen) atoms. The van der Waals surface area contributed by atoms with Crippen molar-refractivity contribution >= 4 is 41.0 Å². The first-order valence-corrected chi connectivity index (χ1v) is 12.1. The van der Waals surface area contributed by atoms with Crippen LogP contribution in [0.3, 0.4) is 0 Å². The van der Waals surface area contributed by atoms with E-state index < -0.39 is 0 Å². The van der Waals surface area contributed by atoms with Gasteiger partial charge in [-0.05, 0) is 55.3 Å². The molecule has 0 aromatic heterocycles. The molecule has 0 radical (unpaired) electrons. The van der Waals surface area contributed by atoms with Gasteiger partial charge >= 0.3 is 6.03 Å². The van der Waals surface area contributed by atoms with Gasteiger partial charge < -0.3 is 29.9 Å². The van der Waals surface area contributed by atoms with Gasteiger partial charge in [0.2, 0.25) is 5.91 Å². The molecular formula is C26H30ClFN4O4. The highest BCUT2D eigenvalue weighted by Crippen LogP contribution is 2.33. The van der Waals surface area contributed by atoms with Crippen molar-refractivity contribution in [3.63, 3.8) is 0 Å². The average molecular weight is 517 g/mol. The van der Waals surface area contributed by atoms with E-state index in [2.05, 4.69) is 10.6 Å². The number of carbonyl (C=O) groups is 2. The third-order valence-corrected chi connectivity index (χ3v) is 6.66. The zero-order chi connectivity index (χ0) is 25.8. The first kappa shape index (κ1) is 25.8. The Hall–Kier alpha value is -3.30.